The van der Waals surface area contributed by atoms with Crippen LogP contribution in [-0.4, -0.2) is 29.7 Å². The minimum atomic E-state index is -0.844. The molecule has 0 N–H and O–H groups in total. The average Bonchev–Trinajstić information content (AvgIpc) is 2.69. The van der Waals surface area contributed by atoms with Gasteiger partial charge in [-0.1, -0.05) is 18.2 Å². The fraction of sp³-hybridized carbons (Fsp3) is 0.158. The molecular formula is C19H16N2O6. The number of ether oxygens (including phenoxy) is 2. The third-order valence-electron chi connectivity index (χ3n) is 4.22. The molecule has 0 saturated carbocycles. The molecule has 0 atom stereocenters. The van der Waals surface area contributed by atoms with E-state index in [1.54, 1.807) is 37.4 Å². The highest BCUT2D eigenvalue weighted by Crippen LogP contribution is 2.26. The standard InChI is InChI=1S/C19H16N2O6/c1-26-13-8-6-12(7-9-13)11-20-16-4-3-5-17(21(24)25)14(16)10-15(18(20)22)19(23)27-2/h3-10H,11H2,1-2H3. The number of hydrogen-bond acceptors (Lipinski definition) is 6. The van der Waals surface area contributed by atoms with E-state index in [-0.39, 0.29) is 23.2 Å². The van der Waals surface area contributed by atoms with Gasteiger partial charge in [0.05, 0.1) is 36.6 Å². The van der Waals surface area contributed by atoms with Gasteiger partial charge in [0.2, 0.25) is 0 Å². The number of aromatic nitrogens is 1. The quantitative estimate of drug-likeness (QED) is 0.390. The predicted molar refractivity (Wildman–Crippen MR) is 98.3 cm³/mol. The number of hydrogen-bond donors (Lipinski definition) is 0. The van der Waals surface area contributed by atoms with Crippen molar-refractivity contribution in [3.05, 3.63) is 80.1 Å². The number of fused-ring (bicyclic) bond motifs is 1. The summed E-state index contributed by atoms with van der Waals surface area (Å²) in [5.74, 6) is -0.182. The Kier molecular flexibility index (Phi) is 4.89. The van der Waals surface area contributed by atoms with Crippen molar-refractivity contribution in [2.75, 3.05) is 14.2 Å². The van der Waals surface area contributed by atoms with Crippen molar-refractivity contribution < 1.29 is 19.2 Å². The van der Waals surface area contributed by atoms with E-state index in [1.165, 1.54) is 22.8 Å². The fourth-order valence-corrected chi connectivity index (χ4v) is 2.87. The molecule has 1 aromatic heterocycles. The molecule has 0 fully saturated rings. The summed E-state index contributed by atoms with van der Waals surface area (Å²) < 4.78 is 11.1. The van der Waals surface area contributed by atoms with Crippen LogP contribution in [0.4, 0.5) is 5.69 Å². The third kappa shape index (κ3) is 3.37. The lowest BCUT2D eigenvalue weighted by Crippen LogP contribution is -2.28. The van der Waals surface area contributed by atoms with Gasteiger partial charge in [0.15, 0.2) is 0 Å². The van der Waals surface area contributed by atoms with Crippen molar-refractivity contribution in [1.29, 1.82) is 0 Å². The second-order valence-corrected chi connectivity index (χ2v) is 5.76. The van der Waals surface area contributed by atoms with Crippen molar-refractivity contribution in [3.8, 4) is 5.75 Å². The number of methoxy groups -OCH3 is 2. The monoisotopic (exact) mass is 368 g/mol. The summed E-state index contributed by atoms with van der Waals surface area (Å²) in [6, 6.07) is 12.7. The minimum Gasteiger partial charge on any atom is -0.497 e. The Morgan fingerprint density at radius 3 is 2.44 bits per heavy atom. The maximum Gasteiger partial charge on any atom is 0.343 e. The van der Waals surface area contributed by atoms with E-state index < -0.39 is 16.5 Å². The number of nitro benzene ring substituents is 1. The maximum atomic E-state index is 12.9. The summed E-state index contributed by atoms with van der Waals surface area (Å²) in [6.07, 6.45) is 0. The molecule has 0 spiro atoms. The van der Waals surface area contributed by atoms with Crippen LogP contribution in [0.15, 0.2) is 53.3 Å². The van der Waals surface area contributed by atoms with Gasteiger partial charge >= 0.3 is 5.97 Å². The van der Waals surface area contributed by atoms with E-state index in [2.05, 4.69) is 4.74 Å². The predicted octanol–water partition coefficient (Wildman–Crippen LogP) is 2.75. The third-order valence-corrected chi connectivity index (χ3v) is 4.22. The number of benzene rings is 2. The second-order valence-electron chi connectivity index (χ2n) is 5.76. The topological polar surface area (TPSA) is 101 Å². The smallest absolute Gasteiger partial charge is 0.343 e. The lowest BCUT2D eigenvalue weighted by Gasteiger charge is -2.13. The van der Waals surface area contributed by atoms with Gasteiger partial charge in [-0.25, -0.2) is 4.79 Å². The van der Waals surface area contributed by atoms with Crippen molar-refractivity contribution in [1.82, 2.24) is 4.57 Å². The van der Waals surface area contributed by atoms with Crippen LogP contribution in [0.25, 0.3) is 10.9 Å². The second kappa shape index (κ2) is 7.28. The first-order valence-electron chi connectivity index (χ1n) is 7.98. The molecule has 2 aromatic carbocycles. The fourth-order valence-electron chi connectivity index (χ4n) is 2.87. The number of nitrogens with zero attached hydrogens (tertiary/aromatic N) is 2. The Balaban J connectivity index is 2.26. The van der Waals surface area contributed by atoms with E-state index in [9.17, 15) is 19.7 Å². The summed E-state index contributed by atoms with van der Waals surface area (Å²) in [6.45, 7) is 0.130. The molecular weight excluding hydrogens is 352 g/mol. The average molecular weight is 368 g/mol. The van der Waals surface area contributed by atoms with Crippen LogP contribution in [0.2, 0.25) is 0 Å². The molecule has 0 aliphatic rings. The molecule has 0 aliphatic heterocycles. The van der Waals surface area contributed by atoms with E-state index in [4.69, 9.17) is 4.74 Å². The summed E-state index contributed by atoms with van der Waals surface area (Å²) >= 11 is 0. The molecule has 3 rings (SSSR count). The van der Waals surface area contributed by atoms with Gasteiger partial charge in [0.1, 0.15) is 11.3 Å². The minimum absolute atomic E-state index is 0.130. The summed E-state index contributed by atoms with van der Waals surface area (Å²) in [7, 11) is 2.70. The van der Waals surface area contributed by atoms with Crippen molar-refractivity contribution in [2.24, 2.45) is 0 Å². The zero-order chi connectivity index (χ0) is 19.6. The zero-order valence-electron chi connectivity index (χ0n) is 14.7. The van der Waals surface area contributed by atoms with Gasteiger partial charge in [0, 0.05) is 6.07 Å². The van der Waals surface area contributed by atoms with Crippen LogP contribution in [-0.2, 0) is 11.3 Å². The highest BCUT2D eigenvalue weighted by atomic mass is 16.6. The first-order valence-corrected chi connectivity index (χ1v) is 7.98. The van der Waals surface area contributed by atoms with E-state index in [0.717, 1.165) is 12.7 Å². The number of rotatable bonds is 5. The Morgan fingerprint density at radius 1 is 1.15 bits per heavy atom. The van der Waals surface area contributed by atoms with Crippen LogP contribution < -0.4 is 10.3 Å². The lowest BCUT2D eigenvalue weighted by molar-refractivity contribution is -0.383. The molecule has 0 aliphatic carbocycles. The van der Waals surface area contributed by atoms with Gasteiger partial charge < -0.3 is 14.0 Å². The molecule has 0 saturated heterocycles. The van der Waals surface area contributed by atoms with Crippen LogP contribution >= 0.6 is 0 Å². The molecule has 27 heavy (non-hydrogen) atoms. The Labute approximate surface area is 153 Å². The van der Waals surface area contributed by atoms with Crippen LogP contribution in [0.1, 0.15) is 15.9 Å². The van der Waals surface area contributed by atoms with Gasteiger partial charge in [-0.2, -0.15) is 0 Å². The van der Waals surface area contributed by atoms with Crippen molar-refractivity contribution in [3.63, 3.8) is 0 Å². The van der Waals surface area contributed by atoms with E-state index >= 15 is 0 Å². The molecule has 138 valence electrons. The molecule has 0 amide bonds. The molecule has 8 nitrogen and oxygen atoms in total. The first kappa shape index (κ1) is 18.1. The number of pyridine rings is 1. The van der Waals surface area contributed by atoms with Gasteiger partial charge in [-0.3, -0.25) is 14.9 Å². The van der Waals surface area contributed by atoms with Crippen molar-refractivity contribution in [2.45, 2.75) is 6.54 Å². The van der Waals surface area contributed by atoms with Gasteiger partial charge in [0.25, 0.3) is 11.2 Å². The Bertz CT molecular complexity index is 1090. The van der Waals surface area contributed by atoms with E-state index in [0.29, 0.717) is 11.3 Å². The van der Waals surface area contributed by atoms with Crippen LogP contribution in [0, 0.1) is 10.1 Å². The van der Waals surface area contributed by atoms with Crippen LogP contribution in [0.3, 0.4) is 0 Å². The molecule has 8 heteroatoms. The Morgan fingerprint density at radius 2 is 1.85 bits per heavy atom. The number of carbonyl (C=O) groups is 1. The Hall–Kier alpha value is -3.68. The van der Waals surface area contributed by atoms with Gasteiger partial charge in [-0.05, 0) is 29.8 Å². The normalized spacial score (nSPS) is 10.6. The summed E-state index contributed by atoms with van der Waals surface area (Å²) in [5, 5.41) is 11.6. The number of nitro groups is 1. The summed E-state index contributed by atoms with van der Waals surface area (Å²) in [4.78, 5) is 35.7. The number of carbonyl (C=O) groups excluding carboxylic acids is 1. The highest BCUT2D eigenvalue weighted by Gasteiger charge is 2.21. The zero-order valence-corrected chi connectivity index (χ0v) is 14.7. The maximum absolute atomic E-state index is 12.9. The largest absolute Gasteiger partial charge is 0.497 e. The summed E-state index contributed by atoms with van der Waals surface area (Å²) in [5.41, 5.74) is 0.102. The van der Waals surface area contributed by atoms with E-state index in [1.807, 2.05) is 0 Å². The van der Waals surface area contributed by atoms with Gasteiger partial charge in [-0.15, -0.1) is 0 Å². The van der Waals surface area contributed by atoms with Crippen LogP contribution in [0.5, 0.6) is 5.75 Å². The molecule has 0 bridgehead atoms. The number of non-ortho nitro benzene ring substituents is 1. The number of esters is 1. The molecule has 0 unspecified atom stereocenters. The SMILES string of the molecule is COC(=O)c1cc2c([N+](=O)[O-])cccc2n(Cc2ccc(OC)cc2)c1=O. The first-order chi connectivity index (χ1) is 13.0. The molecule has 1 heterocycles. The molecule has 3 aromatic rings. The lowest BCUT2D eigenvalue weighted by atomic mass is 10.1. The highest BCUT2D eigenvalue weighted by molar-refractivity contribution is 5.96. The molecule has 0 radical (unpaired) electrons. The van der Waals surface area contributed by atoms with Crippen molar-refractivity contribution >= 4 is 22.6 Å².